The van der Waals surface area contributed by atoms with Crippen molar-refractivity contribution in [1.29, 1.82) is 0 Å². The average Bonchev–Trinajstić information content (AvgIpc) is 2.72. The Balaban J connectivity index is 2.19. The lowest BCUT2D eigenvalue weighted by atomic mass is 9.86. The highest BCUT2D eigenvalue weighted by Gasteiger charge is 2.47. The van der Waals surface area contributed by atoms with E-state index in [2.05, 4.69) is 0 Å². The van der Waals surface area contributed by atoms with Crippen LogP contribution in [0.4, 0.5) is 0 Å². The van der Waals surface area contributed by atoms with Crippen molar-refractivity contribution in [3.8, 4) is 0 Å². The summed E-state index contributed by atoms with van der Waals surface area (Å²) in [5.74, 6) is -0.625. The number of aliphatic hydroxyl groups excluding tert-OH is 1. The highest BCUT2D eigenvalue weighted by Crippen LogP contribution is 2.45. The summed E-state index contributed by atoms with van der Waals surface area (Å²) in [6.07, 6.45) is 0.742. The summed E-state index contributed by atoms with van der Waals surface area (Å²) >= 11 is 0. The number of ketones is 1. The molecule has 0 aromatic rings. The first-order valence-electron chi connectivity index (χ1n) is 6.43. The van der Waals surface area contributed by atoms with E-state index in [0.717, 1.165) is 11.1 Å². The van der Waals surface area contributed by atoms with E-state index in [4.69, 9.17) is 4.74 Å². The van der Waals surface area contributed by atoms with Crippen LogP contribution in [0.25, 0.3) is 0 Å². The van der Waals surface area contributed by atoms with Crippen molar-refractivity contribution in [2.75, 3.05) is 0 Å². The third-order valence-electron chi connectivity index (χ3n) is 4.33. The van der Waals surface area contributed by atoms with Gasteiger partial charge < -0.3 is 9.84 Å². The number of esters is 1. The third-order valence-corrected chi connectivity index (χ3v) is 4.33. The molecule has 0 saturated heterocycles. The SMILES string of the molecule is CC1=CC(=O)C2=C(C)C[C@@H](O)C3=C(C)C(=O)O[C@H]3[C@H]12. The quantitative estimate of drug-likeness (QED) is 0.670. The molecule has 0 amide bonds. The molecule has 4 heteroatoms. The molecule has 0 saturated carbocycles. The van der Waals surface area contributed by atoms with E-state index in [1.165, 1.54) is 0 Å². The van der Waals surface area contributed by atoms with E-state index >= 15 is 0 Å². The molecule has 1 N–H and O–H groups in total. The average molecular weight is 260 g/mol. The Morgan fingerprint density at radius 3 is 2.63 bits per heavy atom. The monoisotopic (exact) mass is 260 g/mol. The fourth-order valence-electron chi connectivity index (χ4n) is 3.42. The van der Waals surface area contributed by atoms with Gasteiger partial charge >= 0.3 is 5.97 Å². The van der Waals surface area contributed by atoms with E-state index in [1.54, 1.807) is 13.0 Å². The van der Waals surface area contributed by atoms with Crippen LogP contribution in [0.2, 0.25) is 0 Å². The molecule has 100 valence electrons. The van der Waals surface area contributed by atoms with Gasteiger partial charge in [-0.3, -0.25) is 4.79 Å². The molecule has 0 aromatic carbocycles. The molecule has 3 atom stereocenters. The zero-order valence-electron chi connectivity index (χ0n) is 11.2. The van der Waals surface area contributed by atoms with Crippen LogP contribution >= 0.6 is 0 Å². The second-order valence-corrected chi connectivity index (χ2v) is 5.55. The molecule has 0 bridgehead atoms. The van der Waals surface area contributed by atoms with Gasteiger partial charge in [-0.1, -0.05) is 11.1 Å². The number of carbonyl (C=O) groups is 2. The van der Waals surface area contributed by atoms with Crippen LogP contribution in [0.1, 0.15) is 27.2 Å². The van der Waals surface area contributed by atoms with E-state index < -0.39 is 12.2 Å². The molecule has 3 rings (SSSR count). The lowest BCUT2D eigenvalue weighted by Gasteiger charge is -2.22. The van der Waals surface area contributed by atoms with Crippen molar-refractivity contribution in [2.24, 2.45) is 5.92 Å². The van der Waals surface area contributed by atoms with E-state index in [-0.39, 0.29) is 17.7 Å². The zero-order chi connectivity index (χ0) is 13.9. The van der Waals surface area contributed by atoms with Crippen LogP contribution < -0.4 is 0 Å². The molecule has 3 aliphatic rings. The van der Waals surface area contributed by atoms with Gasteiger partial charge in [0, 0.05) is 16.7 Å². The first kappa shape index (κ1) is 12.4. The summed E-state index contributed by atoms with van der Waals surface area (Å²) < 4.78 is 5.41. The maximum atomic E-state index is 12.1. The topological polar surface area (TPSA) is 63.6 Å². The van der Waals surface area contributed by atoms with Gasteiger partial charge in [-0.05, 0) is 33.3 Å². The number of rotatable bonds is 0. The first-order chi connectivity index (χ1) is 8.91. The Labute approximate surface area is 111 Å². The zero-order valence-corrected chi connectivity index (χ0v) is 11.2. The van der Waals surface area contributed by atoms with Crippen LogP contribution in [-0.2, 0) is 14.3 Å². The van der Waals surface area contributed by atoms with Crippen LogP contribution in [0, 0.1) is 5.92 Å². The van der Waals surface area contributed by atoms with Crippen molar-refractivity contribution < 1.29 is 19.4 Å². The van der Waals surface area contributed by atoms with E-state index in [9.17, 15) is 14.7 Å². The standard InChI is InChI=1S/C15H16O4/c1-6-4-10(17)13-8(3)15(18)19-14(13)12-7(2)5-9(16)11(6)12/h5,10,12,14,17H,4H2,1-3H3/t10-,12-,14+/m1/s1. The molecule has 0 radical (unpaired) electrons. The smallest absolute Gasteiger partial charge is 0.334 e. The number of hydrogen-bond donors (Lipinski definition) is 1. The third kappa shape index (κ3) is 1.56. The number of fused-ring (bicyclic) bond motifs is 3. The Bertz CT molecular complexity index is 591. The molecule has 19 heavy (non-hydrogen) atoms. The summed E-state index contributed by atoms with van der Waals surface area (Å²) in [5, 5.41) is 10.3. The minimum Gasteiger partial charge on any atom is -0.453 e. The summed E-state index contributed by atoms with van der Waals surface area (Å²) in [6, 6.07) is 0. The summed E-state index contributed by atoms with van der Waals surface area (Å²) in [7, 11) is 0. The van der Waals surface area contributed by atoms with Gasteiger partial charge in [0.05, 0.1) is 12.0 Å². The van der Waals surface area contributed by atoms with Crippen molar-refractivity contribution in [3.05, 3.63) is 33.9 Å². The largest absolute Gasteiger partial charge is 0.453 e. The normalized spacial score (nSPS) is 34.1. The van der Waals surface area contributed by atoms with Crippen LogP contribution in [0.3, 0.4) is 0 Å². The van der Waals surface area contributed by atoms with Gasteiger partial charge in [-0.25, -0.2) is 4.79 Å². The van der Waals surface area contributed by atoms with Crippen molar-refractivity contribution in [2.45, 2.75) is 39.4 Å². The van der Waals surface area contributed by atoms with Gasteiger partial charge in [-0.2, -0.15) is 0 Å². The van der Waals surface area contributed by atoms with Crippen LogP contribution in [0.15, 0.2) is 33.9 Å². The minimum absolute atomic E-state index is 0.0194. The molecule has 4 nitrogen and oxygen atoms in total. The predicted octanol–water partition coefficient (Wildman–Crippen LogP) is 1.45. The number of aliphatic hydroxyl groups is 1. The fraction of sp³-hybridized carbons (Fsp3) is 0.467. The minimum atomic E-state index is -0.741. The molecule has 0 spiro atoms. The van der Waals surface area contributed by atoms with Gasteiger partial charge in [0.25, 0.3) is 0 Å². The van der Waals surface area contributed by atoms with E-state index in [1.807, 2.05) is 13.8 Å². The van der Waals surface area contributed by atoms with Crippen LogP contribution in [-0.4, -0.2) is 29.1 Å². The summed E-state index contributed by atoms with van der Waals surface area (Å²) in [4.78, 5) is 23.8. The molecule has 1 aliphatic heterocycles. The molecule has 1 heterocycles. The molecule has 0 aromatic heterocycles. The maximum Gasteiger partial charge on any atom is 0.334 e. The summed E-state index contributed by atoms with van der Waals surface area (Å²) in [6.45, 7) is 5.42. The number of carbonyl (C=O) groups excluding carboxylic acids is 2. The van der Waals surface area contributed by atoms with Crippen LogP contribution in [0.5, 0.6) is 0 Å². The second-order valence-electron chi connectivity index (χ2n) is 5.55. The van der Waals surface area contributed by atoms with Gasteiger partial charge in [-0.15, -0.1) is 0 Å². The molecule has 0 unspecified atom stereocenters. The molecular formula is C15H16O4. The first-order valence-corrected chi connectivity index (χ1v) is 6.43. The lowest BCUT2D eigenvalue weighted by molar-refractivity contribution is -0.141. The Hall–Kier alpha value is -1.68. The number of ether oxygens (including phenoxy) is 1. The summed E-state index contributed by atoms with van der Waals surface area (Å²) in [5.41, 5.74) is 3.62. The van der Waals surface area contributed by atoms with E-state index in [0.29, 0.717) is 23.1 Å². The van der Waals surface area contributed by atoms with Gasteiger partial charge in [0.15, 0.2) is 5.78 Å². The fourth-order valence-corrected chi connectivity index (χ4v) is 3.42. The Morgan fingerprint density at radius 2 is 1.95 bits per heavy atom. The van der Waals surface area contributed by atoms with Crippen molar-refractivity contribution >= 4 is 11.8 Å². The second kappa shape index (κ2) is 3.90. The highest BCUT2D eigenvalue weighted by molar-refractivity contribution is 6.09. The molecular weight excluding hydrogens is 244 g/mol. The van der Waals surface area contributed by atoms with Gasteiger partial charge in [0.1, 0.15) is 6.10 Å². The van der Waals surface area contributed by atoms with Crippen molar-refractivity contribution in [3.63, 3.8) is 0 Å². The molecule has 2 aliphatic carbocycles. The number of allylic oxidation sites excluding steroid dienone is 1. The lowest BCUT2D eigenvalue weighted by Crippen LogP contribution is -2.27. The van der Waals surface area contributed by atoms with Gasteiger partial charge in [0.2, 0.25) is 0 Å². The van der Waals surface area contributed by atoms with Crippen molar-refractivity contribution in [1.82, 2.24) is 0 Å². The highest BCUT2D eigenvalue weighted by atomic mass is 16.5. The predicted molar refractivity (Wildman–Crippen MR) is 68.2 cm³/mol. The number of hydrogen-bond acceptors (Lipinski definition) is 4. The Kier molecular flexibility index (Phi) is 2.54. The Morgan fingerprint density at radius 1 is 1.26 bits per heavy atom. The maximum absolute atomic E-state index is 12.1. The molecule has 0 fully saturated rings.